The van der Waals surface area contributed by atoms with E-state index in [9.17, 15) is 0 Å². The predicted molar refractivity (Wildman–Crippen MR) is 145 cm³/mol. The second-order valence-electron chi connectivity index (χ2n) is 9.14. The minimum atomic E-state index is 0.457. The van der Waals surface area contributed by atoms with Gasteiger partial charge in [0, 0.05) is 50.5 Å². The molecule has 35 heavy (non-hydrogen) atoms. The molecule has 2 saturated heterocycles. The minimum Gasteiger partial charge on any atom is -0.467 e. The first-order chi connectivity index (χ1) is 17.2. The Balaban J connectivity index is 1.32. The van der Waals surface area contributed by atoms with E-state index in [2.05, 4.69) is 68.7 Å². The predicted octanol–water partition coefficient (Wildman–Crippen LogP) is 4.26. The van der Waals surface area contributed by atoms with Crippen molar-refractivity contribution in [2.24, 2.45) is 0 Å². The number of nitrogens with zero attached hydrogens (tertiary/aromatic N) is 5. The van der Waals surface area contributed by atoms with Crippen LogP contribution < -0.4 is 25.3 Å². The molecular weight excluding hydrogens is 458 g/mol. The second kappa shape index (κ2) is 10.9. The van der Waals surface area contributed by atoms with Gasteiger partial charge < -0.3 is 29.8 Å². The Morgan fingerprint density at radius 1 is 0.971 bits per heavy atom. The molecular formula is C26H33N7OS. The van der Waals surface area contributed by atoms with E-state index < -0.39 is 0 Å². The zero-order valence-corrected chi connectivity index (χ0v) is 21.0. The highest BCUT2D eigenvalue weighted by Gasteiger charge is 2.24. The van der Waals surface area contributed by atoms with Crippen LogP contribution in [-0.4, -0.2) is 53.8 Å². The number of hydrogen-bond donors (Lipinski definition) is 2. The van der Waals surface area contributed by atoms with E-state index in [4.69, 9.17) is 26.6 Å². The van der Waals surface area contributed by atoms with Gasteiger partial charge in [0.2, 0.25) is 5.95 Å². The van der Waals surface area contributed by atoms with Gasteiger partial charge in [-0.25, -0.2) is 0 Å². The summed E-state index contributed by atoms with van der Waals surface area (Å²) in [7, 11) is 0. The van der Waals surface area contributed by atoms with E-state index in [1.54, 1.807) is 6.26 Å². The molecule has 2 fully saturated rings. The lowest BCUT2D eigenvalue weighted by Gasteiger charge is -2.38. The zero-order chi connectivity index (χ0) is 24.0. The number of piperazine rings is 1. The average Bonchev–Trinajstić information content (AvgIpc) is 3.42. The molecule has 1 atom stereocenters. The lowest BCUT2D eigenvalue weighted by molar-refractivity contribution is 0.481. The maximum absolute atomic E-state index is 5.52. The Bertz CT molecular complexity index is 1100. The van der Waals surface area contributed by atoms with Crippen molar-refractivity contribution >= 4 is 40.6 Å². The van der Waals surface area contributed by atoms with E-state index >= 15 is 0 Å². The van der Waals surface area contributed by atoms with Gasteiger partial charge in [-0.2, -0.15) is 9.97 Å². The first-order valence-corrected chi connectivity index (χ1v) is 12.8. The topological polar surface area (TPSA) is 72.7 Å². The van der Waals surface area contributed by atoms with Crippen molar-refractivity contribution < 1.29 is 4.42 Å². The summed E-state index contributed by atoms with van der Waals surface area (Å²) in [6.45, 7) is 7.52. The normalized spacial score (nSPS) is 18.4. The van der Waals surface area contributed by atoms with Crippen LogP contribution in [0, 0.1) is 0 Å². The number of nitrogens with one attached hydrogen (secondary N) is 2. The van der Waals surface area contributed by atoms with Crippen molar-refractivity contribution in [3.8, 4) is 0 Å². The molecule has 0 amide bonds. The number of rotatable bonds is 6. The highest BCUT2D eigenvalue weighted by atomic mass is 32.1. The maximum Gasteiger partial charge on any atom is 0.232 e. The van der Waals surface area contributed by atoms with Crippen LogP contribution >= 0.6 is 12.2 Å². The molecule has 3 aromatic rings. The summed E-state index contributed by atoms with van der Waals surface area (Å²) in [4.78, 5) is 16.9. The average molecular weight is 492 g/mol. The molecule has 4 heterocycles. The molecule has 8 nitrogen and oxygen atoms in total. The smallest absolute Gasteiger partial charge is 0.232 e. The van der Waals surface area contributed by atoms with E-state index in [0.29, 0.717) is 23.6 Å². The molecule has 2 N–H and O–H groups in total. The number of para-hydroxylation sites is 1. The molecule has 2 aromatic heterocycles. The molecule has 0 saturated carbocycles. The zero-order valence-electron chi connectivity index (χ0n) is 20.2. The number of anilines is 4. The third kappa shape index (κ3) is 5.85. The first kappa shape index (κ1) is 23.4. The molecule has 1 aromatic carbocycles. The molecule has 0 aliphatic carbocycles. The first-order valence-electron chi connectivity index (χ1n) is 12.4. The van der Waals surface area contributed by atoms with Gasteiger partial charge in [-0.15, -0.1) is 0 Å². The Hall–Kier alpha value is -3.33. The van der Waals surface area contributed by atoms with Gasteiger partial charge in [-0.05, 0) is 62.7 Å². The van der Waals surface area contributed by atoms with Crippen LogP contribution in [-0.2, 0) is 6.54 Å². The largest absolute Gasteiger partial charge is 0.467 e. The van der Waals surface area contributed by atoms with Crippen LogP contribution in [0.2, 0.25) is 0 Å². The van der Waals surface area contributed by atoms with Gasteiger partial charge in [-0.1, -0.05) is 18.2 Å². The Morgan fingerprint density at radius 3 is 2.49 bits per heavy atom. The Morgan fingerprint density at radius 2 is 1.74 bits per heavy atom. The van der Waals surface area contributed by atoms with E-state index in [1.165, 1.54) is 24.9 Å². The standard InChI is InChI=1S/C26H33N7OS/c1-20-8-5-6-12-33(20)24-18-23(32-15-13-31(14-16-32)21-9-3-2-4-10-21)28-25(29-24)30-26(35)27-19-22-11-7-17-34-22/h2-4,7,9-11,17-18,20H,5-6,8,12-16,19H2,1H3,(H2,27,28,29,30,35). The summed E-state index contributed by atoms with van der Waals surface area (Å²) in [5.41, 5.74) is 1.27. The molecule has 9 heteroatoms. The number of thiocarbonyl (C=S) groups is 1. The Labute approximate surface area is 212 Å². The fraction of sp³-hybridized carbons (Fsp3) is 0.423. The van der Waals surface area contributed by atoms with Crippen molar-refractivity contribution in [1.29, 1.82) is 0 Å². The van der Waals surface area contributed by atoms with Gasteiger partial charge in [0.15, 0.2) is 5.11 Å². The molecule has 0 radical (unpaired) electrons. The summed E-state index contributed by atoms with van der Waals surface area (Å²) in [6.07, 6.45) is 5.29. The summed E-state index contributed by atoms with van der Waals surface area (Å²) in [5, 5.41) is 6.86. The molecule has 1 unspecified atom stereocenters. The third-order valence-corrected chi connectivity index (χ3v) is 7.00. The lowest BCUT2D eigenvalue weighted by atomic mass is 10.0. The monoisotopic (exact) mass is 491 g/mol. The van der Waals surface area contributed by atoms with Crippen molar-refractivity contribution in [2.75, 3.05) is 52.7 Å². The molecule has 2 aliphatic rings. The number of piperidine rings is 1. The van der Waals surface area contributed by atoms with Gasteiger partial charge in [-0.3, -0.25) is 0 Å². The molecule has 2 aliphatic heterocycles. The van der Waals surface area contributed by atoms with Crippen LogP contribution in [0.15, 0.2) is 59.2 Å². The summed E-state index contributed by atoms with van der Waals surface area (Å²) < 4.78 is 5.38. The fourth-order valence-electron chi connectivity index (χ4n) is 4.78. The summed E-state index contributed by atoms with van der Waals surface area (Å²) in [6, 6.07) is 17.0. The summed E-state index contributed by atoms with van der Waals surface area (Å²) in [5.74, 6) is 3.25. The van der Waals surface area contributed by atoms with E-state index in [1.807, 2.05) is 12.1 Å². The highest BCUT2D eigenvalue weighted by Crippen LogP contribution is 2.28. The molecule has 184 valence electrons. The number of benzene rings is 1. The quantitative estimate of drug-likeness (QED) is 0.492. The van der Waals surface area contributed by atoms with Crippen LogP contribution in [0.4, 0.5) is 23.3 Å². The third-order valence-electron chi connectivity index (χ3n) is 6.75. The van der Waals surface area contributed by atoms with Gasteiger partial charge >= 0.3 is 0 Å². The maximum atomic E-state index is 5.52. The minimum absolute atomic E-state index is 0.457. The second-order valence-corrected chi connectivity index (χ2v) is 9.55. The van der Waals surface area contributed by atoms with Gasteiger partial charge in [0.1, 0.15) is 17.4 Å². The van der Waals surface area contributed by atoms with Gasteiger partial charge in [0.05, 0.1) is 12.8 Å². The fourth-order valence-corrected chi connectivity index (χ4v) is 4.95. The lowest BCUT2D eigenvalue weighted by Crippen LogP contribution is -2.47. The van der Waals surface area contributed by atoms with Crippen molar-refractivity contribution in [3.63, 3.8) is 0 Å². The van der Waals surface area contributed by atoms with Crippen molar-refractivity contribution in [2.45, 2.75) is 38.8 Å². The van der Waals surface area contributed by atoms with Crippen LogP contribution in [0.25, 0.3) is 0 Å². The molecule has 5 rings (SSSR count). The van der Waals surface area contributed by atoms with Gasteiger partial charge in [0.25, 0.3) is 0 Å². The molecule has 0 bridgehead atoms. The number of aromatic nitrogens is 2. The number of furan rings is 1. The van der Waals surface area contributed by atoms with Crippen LogP contribution in [0.3, 0.4) is 0 Å². The van der Waals surface area contributed by atoms with Crippen molar-refractivity contribution in [3.05, 3.63) is 60.6 Å². The van der Waals surface area contributed by atoms with E-state index in [0.717, 1.165) is 50.1 Å². The SMILES string of the molecule is CC1CCCCN1c1cc(N2CCN(c3ccccc3)CC2)nc(NC(=S)NCc2ccco2)n1. The Kier molecular flexibility index (Phi) is 7.32. The van der Waals surface area contributed by atoms with Crippen LogP contribution in [0.5, 0.6) is 0 Å². The summed E-state index contributed by atoms with van der Waals surface area (Å²) >= 11 is 5.52. The van der Waals surface area contributed by atoms with Crippen molar-refractivity contribution in [1.82, 2.24) is 15.3 Å². The molecule has 0 spiro atoms. The highest BCUT2D eigenvalue weighted by molar-refractivity contribution is 7.80. The van der Waals surface area contributed by atoms with Crippen LogP contribution in [0.1, 0.15) is 31.9 Å². The van der Waals surface area contributed by atoms with E-state index in [-0.39, 0.29) is 0 Å². The number of hydrogen-bond acceptors (Lipinski definition) is 7.